The summed E-state index contributed by atoms with van der Waals surface area (Å²) in [7, 11) is 0.242. The van der Waals surface area contributed by atoms with Gasteiger partial charge in [-0.1, -0.05) is 50.1 Å². The highest BCUT2D eigenvalue weighted by atomic mass is 35.5. The van der Waals surface area contributed by atoms with Gasteiger partial charge in [0.2, 0.25) is 0 Å². The Bertz CT molecular complexity index is 1350. The number of hydrogen-bond acceptors (Lipinski definition) is 6. The summed E-state index contributed by atoms with van der Waals surface area (Å²) < 4.78 is 28.4. The van der Waals surface area contributed by atoms with Gasteiger partial charge in [0, 0.05) is 31.1 Å². The lowest BCUT2D eigenvalue weighted by atomic mass is 9.64. The SMILES string of the molecule is CCCc1cc(Cl)ccc1C1COc2ccc3nc2N(C1)CC1CCC1[C@@](C)(OC)/C=C/CC(C)C(C)S(=O)NC3=O. The van der Waals surface area contributed by atoms with E-state index in [1.54, 1.807) is 13.2 Å². The first-order valence-electron chi connectivity index (χ1n) is 15.2. The lowest BCUT2D eigenvalue weighted by Gasteiger charge is -2.48. The van der Waals surface area contributed by atoms with Gasteiger partial charge in [0.15, 0.2) is 11.6 Å². The van der Waals surface area contributed by atoms with E-state index in [4.69, 9.17) is 26.1 Å². The predicted octanol–water partition coefficient (Wildman–Crippen LogP) is 6.48. The summed E-state index contributed by atoms with van der Waals surface area (Å²) in [6, 6.07) is 9.68. The van der Waals surface area contributed by atoms with Gasteiger partial charge in [0.25, 0.3) is 5.91 Å². The number of carbonyl (C=O) groups is 1. The molecule has 6 unspecified atom stereocenters. The molecule has 1 fully saturated rings. The number of halogens is 1. The summed E-state index contributed by atoms with van der Waals surface area (Å²) >= 11 is 6.40. The van der Waals surface area contributed by atoms with Crippen molar-refractivity contribution in [2.24, 2.45) is 17.8 Å². The highest BCUT2D eigenvalue weighted by molar-refractivity contribution is 7.84. The van der Waals surface area contributed by atoms with Crippen LogP contribution in [0.2, 0.25) is 5.02 Å². The van der Waals surface area contributed by atoms with Crippen molar-refractivity contribution in [1.82, 2.24) is 9.71 Å². The number of hydrogen-bond donors (Lipinski definition) is 1. The average molecular weight is 614 g/mol. The van der Waals surface area contributed by atoms with Gasteiger partial charge in [-0.2, -0.15) is 0 Å². The standard InChI is InChI=1S/C33H44ClN3O4S/c1-6-8-23-17-26(34)11-12-27(23)25-19-37-18-24-10-13-28(24)33(4,40-5)16-7-9-21(2)22(3)42(39)36-32(38)29-14-15-30(41-20-25)31(37)35-29/h7,11-12,14-17,21-22,24-25,28H,6,8-10,13,18-20H2,1-5H3,(H,36,38)/b16-7+/t21?,22?,24?,25?,28?,33-,42?/m0/s1. The van der Waals surface area contributed by atoms with Crippen LogP contribution in [0.4, 0.5) is 5.82 Å². The molecule has 0 spiro atoms. The van der Waals surface area contributed by atoms with Crippen molar-refractivity contribution in [1.29, 1.82) is 0 Å². The van der Waals surface area contributed by atoms with Crippen molar-refractivity contribution in [2.45, 2.75) is 76.6 Å². The average Bonchev–Trinajstić information content (AvgIpc) is 3.13. The number of benzene rings is 1. The highest BCUT2D eigenvalue weighted by Gasteiger charge is 2.45. The smallest absolute Gasteiger partial charge is 0.281 e. The number of pyridine rings is 1. The Morgan fingerprint density at radius 2 is 2.02 bits per heavy atom. The summed E-state index contributed by atoms with van der Waals surface area (Å²) in [5.41, 5.74) is 2.33. The Balaban J connectivity index is 1.55. The number of rotatable bonds is 4. The van der Waals surface area contributed by atoms with Gasteiger partial charge in [0.1, 0.15) is 16.7 Å². The minimum Gasteiger partial charge on any atom is -0.489 e. The molecule has 2 aliphatic heterocycles. The van der Waals surface area contributed by atoms with E-state index >= 15 is 0 Å². The van der Waals surface area contributed by atoms with Gasteiger partial charge < -0.3 is 14.4 Å². The van der Waals surface area contributed by atoms with Crippen LogP contribution in [0.5, 0.6) is 5.75 Å². The second-order valence-electron chi connectivity index (χ2n) is 12.4. The molecule has 1 aliphatic carbocycles. The largest absolute Gasteiger partial charge is 0.489 e. The van der Waals surface area contributed by atoms with E-state index in [1.807, 2.05) is 19.1 Å². The molecule has 228 valence electrons. The van der Waals surface area contributed by atoms with E-state index in [0.29, 0.717) is 36.6 Å². The third kappa shape index (κ3) is 6.41. The van der Waals surface area contributed by atoms with Crippen LogP contribution in [0.15, 0.2) is 42.5 Å². The van der Waals surface area contributed by atoms with E-state index in [0.717, 1.165) is 43.7 Å². The molecular weight excluding hydrogens is 570 g/mol. The zero-order valence-corrected chi connectivity index (χ0v) is 27.0. The number of fused-ring (bicyclic) bond motifs is 2. The summed E-state index contributed by atoms with van der Waals surface area (Å²) in [4.78, 5) is 20.4. The number of carbonyl (C=O) groups excluding carboxylic acids is 1. The van der Waals surface area contributed by atoms with E-state index in [-0.39, 0.29) is 22.8 Å². The van der Waals surface area contributed by atoms with Crippen molar-refractivity contribution in [3.05, 3.63) is 64.3 Å². The number of aryl methyl sites for hydroxylation is 1. The Hall–Kier alpha value is -2.42. The Morgan fingerprint density at radius 1 is 1.21 bits per heavy atom. The fourth-order valence-electron chi connectivity index (χ4n) is 6.63. The fourth-order valence-corrected chi connectivity index (χ4v) is 7.83. The molecule has 3 aliphatic rings. The van der Waals surface area contributed by atoms with Gasteiger partial charge in [-0.3, -0.25) is 9.52 Å². The van der Waals surface area contributed by atoms with Crippen molar-refractivity contribution < 1.29 is 18.5 Å². The Labute approximate surface area is 258 Å². The topological polar surface area (TPSA) is 80.8 Å². The number of aromatic nitrogens is 1. The molecule has 1 saturated carbocycles. The molecule has 1 aromatic carbocycles. The monoisotopic (exact) mass is 613 g/mol. The predicted molar refractivity (Wildman–Crippen MR) is 170 cm³/mol. The number of nitrogens with zero attached hydrogens (tertiary/aromatic N) is 2. The first-order valence-corrected chi connectivity index (χ1v) is 16.8. The van der Waals surface area contributed by atoms with Crippen LogP contribution in [0, 0.1) is 17.8 Å². The molecule has 9 heteroatoms. The third-order valence-electron chi connectivity index (χ3n) is 9.65. The number of nitrogens with one attached hydrogen (secondary N) is 1. The minimum atomic E-state index is -1.55. The lowest BCUT2D eigenvalue weighted by molar-refractivity contribution is -0.0621. The maximum absolute atomic E-state index is 13.3. The van der Waals surface area contributed by atoms with E-state index in [1.165, 1.54) is 11.1 Å². The Morgan fingerprint density at radius 3 is 2.74 bits per heavy atom. The summed E-state index contributed by atoms with van der Waals surface area (Å²) in [6.45, 7) is 10.3. The van der Waals surface area contributed by atoms with Gasteiger partial charge in [-0.15, -0.1) is 0 Å². The molecule has 1 amide bonds. The number of allylic oxidation sites excluding steroid dienone is 1. The van der Waals surface area contributed by atoms with Crippen LogP contribution in [0.25, 0.3) is 0 Å². The zero-order valence-electron chi connectivity index (χ0n) is 25.4. The van der Waals surface area contributed by atoms with Gasteiger partial charge >= 0.3 is 0 Å². The van der Waals surface area contributed by atoms with Crippen molar-refractivity contribution in [3.8, 4) is 5.75 Å². The molecule has 42 heavy (non-hydrogen) atoms. The van der Waals surface area contributed by atoms with Crippen LogP contribution in [-0.2, 0) is 22.1 Å². The molecule has 0 radical (unpaired) electrons. The second-order valence-corrected chi connectivity index (χ2v) is 14.4. The van der Waals surface area contributed by atoms with Crippen LogP contribution in [0.3, 0.4) is 0 Å². The molecule has 0 saturated heterocycles. The summed E-state index contributed by atoms with van der Waals surface area (Å²) in [5, 5.41) is 0.516. The Kier molecular flexibility index (Phi) is 9.65. The molecule has 5 rings (SSSR count). The highest BCUT2D eigenvalue weighted by Crippen LogP contribution is 2.46. The molecule has 7 nitrogen and oxygen atoms in total. The van der Waals surface area contributed by atoms with E-state index < -0.39 is 22.5 Å². The van der Waals surface area contributed by atoms with Crippen molar-refractivity contribution >= 4 is 34.3 Å². The maximum atomic E-state index is 13.3. The van der Waals surface area contributed by atoms with Crippen LogP contribution >= 0.6 is 11.6 Å². The molecule has 3 heterocycles. The number of anilines is 1. The van der Waals surface area contributed by atoms with Crippen LogP contribution in [0.1, 0.15) is 80.9 Å². The number of amides is 1. The second kappa shape index (κ2) is 13.1. The van der Waals surface area contributed by atoms with Crippen LogP contribution < -0.4 is 14.4 Å². The normalized spacial score (nSPS) is 32.5. The third-order valence-corrected chi connectivity index (χ3v) is 11.4. The summed E-state index contributed by atoms with van der Waals surface area (Å²) in [6.07, 6.45) is 9.27. The van der Waals surface area contributed by atoms with Gasteiger partial charge in [-0.25, -0.2) is 9.19 Å². The zero-order chi connectivity index (χ0) is 30.0. The molecule has 2 aromatic rings. The van der Waals surface area contributed by atoms with E-state index in [2.05, 4.69) is 54.7 Å². The fraction of sp³-hybridized carbons (Fsp3) is 0.576. The van der Waals surface area contributed by atoms with E-state index in [9.17, 15) is 9.00 Å². The van der Waals surface area contributed by atoms with Gasteiger partial charge in [0.05, 0.1) is 17.5 Å². The molecule has 7 atom stereocenters. The molecule has 1 aromatic heterocycles. The summed E-state index contributed by atoms with van der Waals surface area (Å²) in [5.74, 6) is 1.84. The number of ether oxygens (including phenoxy) is 2. The first-order chi connectivity index (χ1) is 20.1. The maximum Gasteiger partial charge on any atom is 0.281 e. The minimum absolute atomic E-state index is 0.1000. The van der Waals surface area contributed by atoms with Gasteiger partial charge in [-0.05, 0) is 92.7 Å². The lowest BCUT2D eigenvalue weighted by Crippen LogP contribution is -2.50. The van der Waals surface area contributed by atoms with Crippen LogP contribution in [-0.4, -0.2) is 52.8 Å². The molecular formula is C33H44ClN3O4S. The van der Waals surface area contributed by atoms with Crippen molar-refractivity contribution in [3.63, 3.8) is 0 Å². The quantitative estimate of drug-likeness (QED) is 0.398. The van der Waals surface area contributed by atoms with Crippen molar-refractivity contribution in [2.75, 3.05) is 31.7 Å². The molecule has 2 bridgehead atoms. The number of methoxy groups -OCH3 is 1. The first kappa shape index (κ1) is 31.0. The molecule has 1 N–H and O–H groups in total.